The fourth-order valence-electron chi connectivity index (χ4n) is 10.4. The molecule has 0 aliphatic rings. The molecule has 0 aliphatic heterocycles. The lowest BCUT2D eigenvalue weighted by Gasteiger charge is -2.27. The van der Waals surface area contributed by atoms with Crippen LogP contribution in [0.4, 0.5) is 11.4 Å². The van der Waals surface area contributed by atoms with Gasteiger partial charge in [0.25, 0.3) is 0 Å². The molecule has 11 aromatic carbocycles. The molecule has 2 nitrogen and oxygen atoms in total. The van der Waals surface area contributed by atoms with E-state index in [0.717, 1.165) is 33.9 Å². The highest BCUT2D eigenvalue weighted by Gasteiger charge is 2.18. The third-order valence-electron chi connectivity index (χ3n) is 13.4. The lowest BCUT2D eigenvalue weighted by atomic mass is 9.92. The molecule has 0 bridgehead atoms. The number of aromatic nitrogens is 1. The van der Waals surface area contributed by atoms with Crippen molar-refractivity contribution in [1.82, 2.24) is 4.57 Å². The maximum absolute atomic E-state index is 4.20. The van der Waals surface area contributed by atoms with Gasteiger partial charge in [0.2, 0.25) is 0 Å². The van der Waals surface area contributed by atoms with E-state index in [1.807, 2.05) is 6.08 Å². The molecule has 1 heterocycles. The number of para-hydroxylation sites is 2. The molecule has 2 heteroatoms. The summed E-state index contributed by atoms with van der Waals surface area (Å²) in [4.78, 5) is 2.40. The van der Waals surface area contributed by atoms with Crippen molar-refractivity contribution in [1.29, 1.82) is 0 Å². The average molecular weight is 855 g/mol. The Morgan fingerprint density at radius 1 is 0.418 bits per heavy atom. The quantitative estimate of drug-likeness (QED) is 0.104. The van der Waals surface area contributed by atoms with Crippen LogP contribution in [0, 0.1) is 0 Å². The van der Waals surface area contributed by atoms with Crippen LogP contribution in [0.5, 0.6) is 0 Å². The summed E-state index contributed by atoms with van der Waals surface area (Å²) in [6.45, 7) is 6.42. The summed E-state index contributed by atoms with van der Waals surface area (Å²) in [5, 5.41) is 12.4. The highest BCUT2D eigenvalue weighted by atomic mass is 15.1. The summed E-state index contributed by atoms with van der Waals surface area (Å²) < 4.78 is 2.37. The first kappa shape index (κ1) is 39.8. The topological polar surface area (TPSA) is 8.17 Å². The molecule has 0 atom stereocenters. The molecule has 0 N–H and O–H groups in total. The van der Waals surface area contributed by atoms with E-state index < -0.39 is 0 Å². The number of hydrogen-bond donors (Lipinski definition) is 0. The van der Waals surface area contributed by atoms with Gasteiger partial charge in [-0.15, -0.1) is 0 Å². The van der Waals surface area contributed by atoms with E-state index in [4.69, 9.17) is 0 Å². The maximum Gasteiger partial charge on any atom is 0.0541 e. The van der Waals surface area contributed by atoms with E-state index >= 15 is 0 Å². The SMILES string of the molecule is C=C/C=C(\C=C(/C)N(c1ccc(-c2ccc3c(c2)c2ccccc2n3-c2ccccc2)cc1)c1cccc(-c2cc3ccccc3c3ccccc23)c1)c1cc2ccccc2c2ccccc12. The number of hydrogen-bond acceptors (Lipinski definition) is 1. The van der Waals surface area contributed by atoms with Crippen molar-refractivity contribution in [2.45, 2.75) is 6.92 Å². The minimum absolute atomic E-state index is 1.07. The first-order valence-electron chi connectivity index (χ1n) is 23.0. The van der Waals surface area contributed by atoms with E-state index in [0.29, 0.717) is 0 Å². The second kappa shape index (κ2) is 16.7. The van der Waals surface area contributed by atoms with Crippen LogP contribution in [0.2, 0.25) is 0 Å². The molecule has 0 amide bonds. The predicted octanol–water partition coefficient (Wildman–Crippen LogP) is 18.0. The Morgan fingerprint density at radius 3 is 1.73 bits per heavy atom. The first-order chi connectivity index (χ1) is 33.1. The molecule has 0 saturated heterocycles. The number of benzene rings is 11. The van der Waals surface area contributed by atoms with Crippen LogP contribution in [0.1, 0.15) is 12.5 Å². The summed E-state index contributed by atoms with van der Waals surface area (Å²) in [6.07, 6.45) is 6.37. The van der Waals surface area contributed by atoms with E-state index in [1.165, 1.54) is 87.1 Å². The Balaban J connectivity index is 1.01. The first-order valence-corrected chi connectivity index (χ1v) is 23.0. The Kier molecular flexibility index (Phi) is 9.92. The van der Waals surface area contributed by atoms with Crippen LogP contribution in [0.15, 0.2) is 261 Å². The van der Waals surface area contributed by atoms with Gasteiger partial charge in [-0.3, -0.25) is 0 Å². The second-order valence-corrected chi connectivity index (χ2v) is 17.4. The zero-order valence-corrected chi connectivity index (χ0v) is 37.3. The largest absolute Gasteiger partial charge is 0.314 e. The highest BCUT2D eigenvalue weighted by molar-refractivity contribution is 6.15. The van der Waals surface area contributed by atoms with Crippen LogP contribution < -0.4 is 4.90 Å². The third-order valence-corrected chi connectivity index (χ3v) is 13.4. The lowest BCUT2D eigenvalue weighted by molar-refractivity contribution is 1.16. The summed E-state index contributed by atoms with van der Waals surface area (Å²) in [5.41, 5.74) is 13.8. The van der Waals surface area contributed by atoms with Gasteiger partial charge in [0.15, 0.2) is 0 Å². The van der Waals surface area contributed by atoms with Crippen LogP contribution in [0.25, 0.3) is 98.4 Å². The summed E-state index contributed by atoms with van der Waals surface area (Å²) in [7, 11) is 0. The zero-order valence-electron chi connectivity index (χ0n) is 37.3. The number of nitrogens with zero attached hydrogens (tertiary/aromatic N) is 2. The third kappa shape index (κ3) is 6.99. The Labute approximate surface area is 390 Å². The molecule has 0 aliphatic carbocycles. The summed E-state index contributed by atoms with van der Waals surface area (Å²) >= 11 is 0. The lowest BCUT2D eigenvalue weighted by Crippen LogP contribution is -2.14. The molecule has 0 saturated carbocycles. The van der Waals surface area contributed by atoms with Gasteiger partial charge in [-0.05, 0) is 156 Å². The standard InChI is InChI=1S/C65H46N2/c1-3-18-47(61-42-49-19-7-9-25-54(49)56-27-11-13-29-58(56)61)39-44(2)66(53-24-17-21-48(40-53)62-43-50-20-8-10-26-55(50)57-28-12-14-30-59(57)62)52-36-33-45(34-37-52)46-35-38-65-63(41-46)60-31-15-16-32-64(60)67(65)51-22-5-4-6-23-51/h3-43H,1H2,2H3/b44-39+,47-18+. The molecule has 0 unspecified atom stereocenters. The number of allylic oxidation sites excluding steroid dienone is 5. The normalized spacial score (nSPS) is 12.2. The Bertz CT molecular complexity index is 3940. The van der Waals surface area contributed by atoms with Gasteiger partial charge >= 0.3 is 0 Å². The van der Waals surface area contributed by atoms with E-state index in [2.05, 4.69) is 266 Å². The fourth-order valence-corrected chi connectivity index (χ4v) is 10.4. The van der Waals surface area contributed by atoms with Crippen molar-refractivity contribution < 1.29 is 0 Å². The van der Waals surface area contributed by atoms with Crippen molar-refractivity contribution in [3.63, 3.8) is 0 Å². The van der Waals surface area contributed by atoms with Gasteiger partial charge < -0.3 is 9.47 Å². The second-order valence-electron chi connectivity index (χ2n) is 17.4. The molecule has 67 heavy (non-hydrogen) atoms. The van der Waals surface area contributed by atoms with Crippen molar-refractivity contribution in [2.24, 2.45) is 0 Å². The molecule has 12 aromatic rings. The van der Waals surface area contributed by atoms with Crippen molar-refractivity contribution >= 4 is 81.8 Å². The number of rotatable bonds is 9. The Hall–Kier alpha value is -8.72. The predicted molar refractivity (Wildman–Crippen MR) is 289 cm³/mol. The molecule has 0 radical (unpaired) electrons. The van der Waals surface area contributed by atoms with Gasteiger partial charge in [-0.2, -0.15) is 0 Å². The van der Waals surface area contributed by atoms with Crippen molar-refractivity contribution in [3.8, 4) is 27.9 Å². The van der Waals surface area contributed by atoms with Gasteiger partial charge in [-0.1, -0.05) is 183 Å². The van der Waals surface area contributed by atoms with Crippen LogP contribution in [0.3, 0.4) is 0 Å². The van der Waals surface area contributed by atoms with Crippen molar-refractivity contribution in [3.05, 3.63) is 267 Å². The van der Waals surface area contributed by atoms with Gasteiger partial charge in [0.1, 0.15) is 0 Å². The number of anilines is 2. The van der Waals surface area contributed by atoms with Crippen LogP contribution in [-0.2, 0) is 0 Å². The van der Waals surface area contributed by atoms with E-state index in [1.54, 1.807) is 0 Å². The van der Waals surface area contributed by atoms with Gasteiger partial charge in [0, 0.05) is 33.5 Å². The Morgan fingerprint density at radius 2 is 1.00 bits per heavy atom. The highest BCUT2D eigenvalue weighted by Crippen LogP contribution is 2.41. The summed E-state index contributed by atoms with van der Waals surface area (Å²) in [5.74, 6) is 0. The molecule has 1 aromatic heterocycles. The zero-order chi connectivity index (χ0) is 44.8. The van der Waals surface area contributed by atoms with Gasteiger partial charge in [0.05, 0.1) is 11.0 Å². The molecular formula is C65H46N2. The van der Waals surface area contributed by atoms with Crippen molar-refractivity contribution in [2.75, 3.05) is 4.90 Å². The molecule has 0 fully saturated rings. The van der Waals surface area contributed by atoms with E-state index in [9.17, 15) is 0 Å². The fraction of sp³-hybridized carbons (Fsp3) is 0.0154. The minimum atomic E-state index is 1.07. The van der Waals surface area contributed by atoms with Crippen LogP contribution >= 0.6 is 0 Å². The van der Waals surface area contributed by atoms with Gasteiger partial charge in [-0.25, -0.2) is 0 Å². The molecule has 0 spiro atoms. The monoisotopic (exact) mass is 854 g/mol. The number of fused-ring (bicyclic) bond motifs is 9. The smallest absolute Gasteiger partial charge is 0.0541 e. The maximum atomic E-state index is 4.20. The molecule has 12 rings (SSSR count). The van der Waals surface area contributed by atoms with E-state index in [-0.39, 0.29) is 0 Å². The minimum Gasteiger partial charge on any atom is -0.314 e. The molecule has 316 valence electrons. The van der Waals surface area contributed by atoms with Crippen LogP contribution in [-0.4, -0.2) is 4.57 Å². The summed E-state index contributed by atoms with van der Waals surface area (Å²) in [6, 6.07) is 84.0. The molecular weight excluding hydrogens is 809 g/mol. The average Bonchev–Trinajstić information content (AvgIpc) is 3.72.